The first-order valence-electron chi connectivity index (χ1n) is 7.78. The third kappa shape index (κ3) is 4.95. The Morgan fingerprint density at radius 1 is 0.826 bits per heavy atom. The van der Waals surface area contributed by atoms with Crippen molar-refractivity contribution >= 4 is 11.8 Å². The summed E-state index contributed by atoms with van der Waals surface area (Å²) in [5.74, 6) is -1.23. The van der Waals surface area contributed by atoms with E-state index in [1.54, 1.807) is 0 Å². The highest BCUT2D eigenvalue weighted by molar-refractivity contribution is 6.35. The zero-order chi connectivity index (χ0) is 16.7. The Morgan fingerprint density at radius 2 is 1.39 bits per heavy atom. The first kappa shape index (κ1) is 16.7. The highest BCUT2D eigenvalue weighted by Crippen LogP contribution is 2.06. The number of aryl methyl sites for hydroxylation is 2. The molecule has 0 aliphatic carbocycles. The van der Waals surface area contributed by atoms with Gasteiger partial charge >= 0.3 is 11.8 Å². The number of carbonyl (C=O) groups is 2. The van der Waals surface area contributed by atoms with E-state index in [2.05, 4.69) is 17.6 Å². The molecular formula is C19H22N2O2. The lowest BCUT2D eigenvalue weighted by Gasteiger charge is -2.08. The molecular weight excluding hydrogens is 288 g/mol. The predicted octanol–water partition coefficient (Wildman–Crippen LogP) is 2.49. The maximum absolute atomic E-state index is 11.8. The molecule has 0 heterocycles. The fraction of sp³-hybridized carbons (Fsp3) is 0.263. The molecule has 2 aromatic carbocycles. The van der Waals surface area contributed by atoms with Crippen LogP contribution < -0.4 is 10.6 Å². The Hall–Kier alpha value is -2.62. The van der Waals surface area contributed by atoms with Gasteiger partial charge in [-0.2, -0.15) is 0 Å². The second-order valence-corrected chi connectivity index (χ2v) is 5.46. The molecule has 0 unspecified atom stereocenters. The van der Waals surface area contributed by atoms with E-state index in [0.29, 0.717) is 13.1 Å². The van der Waals surface area contributed by atoms with Crippen LogP contribution in [0.4, 0.5) is 0 Å². The van der Waals surface area contributed by atoms with E-state index in [-0.39, 0.29) is 0 Å². The summed E-state index contributed by atoms with van der Waals surface area (Å²) in [4.78, 5) is 23.6. The Kier molecular flexibility index (Phi) is 5.92. The van der Waals surface area contributed by atoms with E-state index < -0.39 is 11.8 Å². The summed E-state index contributed by atoms with van der Waals surface area (Å²) in [7, 11) is 0. The van der Waals surface area contributed by atoms with Gasteiger partial charge in [-0.3, -0.25) is 9.59 Å². The number of benzene rings is 2. The highest BCUT2D eigenvalue weighted by atomic mass is 16.2. The molecule has 2 rings (SSSR count). The van der Waals surface area contributed by atoms with Gasteiger partial charge in [-0.05, 0) is 35.6 Å². The van der Waals surface area contributed by atoms with Crippen molar-refractivity contribution < 1.29 is 9.59 Å². The smallest absolute Gasteiger partial charge is 0.309 e. The van der Waals surface area contributed by atoms with Gasteiger partial charge in [0.25, 0.3) is 0 Å². The molecule has 120 valence electrons. The summed E-state index contributed by atoms with van der Waals surface area (Å²) in [6, 6.07) is 15.7. The van der Waals surface area contributed by atoms with Crippen LogP contribution >= 0.6 is 0 Å². The van der Waals surface area contributed by atoms with Gasteiger partial charge in [0.1, 0.15) is 0 Å². The quantitative estimate of drug-likeness (QED) is 0.834. The lowest BCUT2D eigenvalue weighted by atomic mass is 10.1. The molecule has 0 saturated heterocycles. The van der Waals surface area contributed by atoms with Crippen LogP contribution in [0.3, 0.4) is 0 Å². The minimum Gasteiger partial charge on any atom is -0.344 e. The summed E-state index contributed by atoms with van der Waals surface area (Å²) >= 11 is 0. The lowest BCUT2D eigenvalue weighted by Crippen LogP contribution is -2.39. The molecule has 0 radical (unpaired) electrons. The molecule has 0 spiro atoms. The van der Waals surface area contributed by atoms with Crippen LogP contribution in [0.5, 0.6) is 0 Å². The predicted molar refractivity (Wildman–Crippen MR) is 90.7 cm³/mol. The van der Waals surface area contributed by atoms with Crippen LogP contribution in [-0.2, 0) is 29.1 Å². The normalized spacial score (nSPS) is 10.2. The molecule has 4 heteroatoms. The number of rotatable bonds is 5. The van der Waals surface area contributed by atoms with Crippen molar-refractivity contribution in [1.29, 1.82) is 0 Å². The van der Waals surface area contributed by atoms with Gasteiger partial charge in [0.2, 0.25) is 0 Å². The highest BCUT2D eigenvalue weighted by Gasteiger charge is 2.12. The van der Waals surface area contributed by atoms with Crippen molar-refractivity contribution in [2.75, 3.05) is 0 Å². The molecule has 0 fully saturated rings. The second-order valence-electron chi connectivity index (χ2n) is 5.46. The third-order valence-electron chi connectivity index (χ3n) is 3.79. The molecule has 0 bridgehead atoms. The van der Waals surface area contributed by atoms with E-state index >= 15 is 0 Å². The first-order valence-corrected chi connectivity index (χ1v) is 7.78. The number of hydrogen-bond acceptors (Lipinski definition) is 2. The minimum absolute atomic E-state index is 0.348. The van der Waals surface area contributed by atoms with Crippen molar-refractivity contribution in [2.45, 2.75) is 33.4 Å². The third-order valence-corrected chi connectivity index (χ3v) is 3.79. The largest absolute Gasteiger partial charge is 0.344 e. The molecule has 0 aliphatic rings. The average molecular weight is 310 g/mol. The van der Waals surface area contributed by atoms with E-state index in [9.17, 15) is 9.59 Å². The van der Waals surface area contributed by atoms with Gasteiger partial charge < -0.3 is 10.6 Å². The summed E-state index contributed by atoms with van der Waals surface area (Å²) in [6.07, 6.45) is 0.980. The molecule has 2 aromatic rings. The molecule has 0 saturated carbocycles. The maximum Gasteiger partial charge on any atom is 0.309 e. The fourth-order valence-electron chi connectivity index (χ4n) is 2.22. The van der Waals surface area contributed by atoms with Crippen LogP contribution in [0.2, 0.25) is 0 Å². The monoisotopic (exact) mass is 310 g/mol. The molecule has 0 atom stereocenters. The number of amides is 2. The van der Waals surface area contributed by atoms with Gasteiger partial charge in [-0.1, -0.05) is 55.5 Å². The van der Waals surface area contributed by atoms with Crippen LogP contribution in [0.15, 0.2) is 48.5 Å². The lowest BCUT2D eigenvalue weighted by molar-refractivity contribution is -0.139. The Bertz CT molecular complexity index is 678. The van der Waals surface area contributed by atoms with Crippen LogP contribution in [0.1, 0.15) is 29.2 Å². The van der Waals surface area contributed by atoms with E-state index in [1.807, 2.05) is 55.5 Å². The van der Waals surface area contributed by atoms with Crippen LogP contribution in [0.25, 0.3) is 0 Å². The molecule has 2 amide bonds. The molecule has 0 aromatic heterocycles. The van der Waals surface area contributed by atoms with Crippen molar-refractivity contribution in [3.63, 3.8) is 0 Å². The molecule has 2 N–H and O–H groups in total. The Morgan fingerprint density at radius 3 is 2.00 bits per heavy atom. The topological polar surface area (TPSA) is 58.2 Å². The first-order chi connectivity index (χ1) is 11.1. The number of carbonyl (C=O) groups excluding carboxylic acids is 2. The summed E-state index contributed by atoms with van der Waals surface area (Å²) in [5.41, 5.74) is 4.31. The SMILES string of the molecule is CCc1ccc(CNC(=O)C(=O)NCc2ccccc2C)cc1. The van der Waals surface area contributed by atoms with E-state index in [4.69, 9.17) is 0 Å². The van der Waals surface area contributed by atoms with Crippen LogP contribution in [0, 0.1) is 6.92 Å². The summed E-state index contributed by atoms with van der Waals surface area (Å²) in [5, 5.41) is 5.28. The van der Waals surface area contributed by atoms with Gasteiger partial charge in [0, 0.05) is 13.1 Å². The van der Waals surface area contributed by atoms with Gasteiger partial charge in [-0.25, -0.2) is 0 Å². The second kappa shape index (κ2) is 8.13. The minimum atomic E-state index is -0.613. The molecule has 4 nitrogen and oxygen atoms in total. The average Bonchev–Trinajstić information content (AvgIpc) is 2.59. The van der Waals surface area contributed by atoms with Crippen molar-refractivity contribution in [3.05, 3.63) is 70.8 Å². The zero-order valence-corrected chi connectivity index (χ0v) is 13.6. The zero-order valence-electron chi connectivity index (χ0n) is 13.6. The van der Waals surface area contributed by atoms with E-state index in [1.165, 1.54) is 5.56 Å². The van der Waals surface area contributed by atoms with Gasteiger partial charge in [0.15, 0.2) is 0 Å². The molecule has 0 aliphatic heterocycles. The van der Waals surface area contributed by atoms with Gasteiger partial charge in [-0.15, -0.1) is 0 Å². The number of nitrogens with one attached hydrogen (secondary N) is 2. The standard InChI is InChI=1S/C19H22N2O2/c1-3-15-8-10-16(11-9-15)12-20-18(22)19(23)21-13-17-7-5-4-6-14(17)2/h4-11H,3,12-13H2,1-2H3,(H,20,22)(H,21,23). The van der Waals surface area contributed by atoms with Crippen LogP contribution in [-0.4, -0.2) is 11.8 Å². The maximum atomic E-state index is 11.8. The summed E-state index contributed by atoms with van der Waals surface area (Å²) in [6.45, 7) is 4.77. The van der Waals surface area contributed by atoms with E-state index in [0.717, 1.165) is 23.1 Å². The Balaban J connectivity index is 1.80. The Labute approximate surface area is 136 Å². The van der Waals surface area contributed by atoms with Gasteiger partial charge in [0.05, 0.1) is 0 Å². The number of hydrogen-bond donors (Lipinski definition) is 2. The summed E-state index contributed by atoms with van der Waals surface area (Å²) < 4.78 is 0. The fourth-order valence-corrected chi connectivity index (χ4v) is 2.22. The molecule has 23 heavy (non-hydrogen) atoms. The van der Waals surface area contributed by atoms with Crippen molar-refractivity contribution in [2.24, 2.45) is 0 Å². The van der Waals surface area contributed by atoms with Crippen molar-refractivity contribution in [1.82, 2.24) is 10.6 Å². The van der Waals surface area contributed by atoms with Crippen molar-refractivity contribution in [3.8, 4) is 0 Å².